The molecule has 2 rings (SSSR count). The van der Waals surface area contributed by atoms with Gasteiger partial charge in [-0.25, -0.2) is 4.39 Å². The fourth-order valence-electron chi connectivity index (χ4n) is 2.30. The number of carbonyl (C=O) groups is 1. The summed E-state index contributed by atoms with van der Waals surface area (Å²) < 4.78 is 18.6. The summed E-state index contributed by atoms with van der Waals surface area (Å²) in [6.07, 6.45) is 0. The van der Waals surface area contributed by atoms with Crippen LogP contribution in [0.15, 0.2) is 42.5 Å². The lowest BCUT2D eigenvalue weighted by molar-refractivity contribution is -0.127. The van der Waals surface area contributed by atoms with Crippen LogP contribution in [0, 0.1) is 12.7 Å². The van der Waals surface area contributed by atoms with Gasteiger partial charge in [-0.15, -0.1) is 11.8 Å². The quantitative estimate of drug-likeness (QED) is 0.757. The monoisotopic (exact) mass is 347 g/mol. The molecule has 0 saturated carbocycles. The molecule has 3 nitrogen and oxygen atoms in total. The highest BCUT2D eigenvalue weighted by molar-refractivity contribution is 7.99. The third-order valence-corrected chi connectivity index (χ3v) is 4.77. The number of rotatable bonds is 7. The van der Waals surface area contributed by atoms with Crippen LogP contribution >= 0.6 is 11.8 Å². The summed E-state index contributed by atoms with van der Waals surface area (Å²) >= 11 is 1.59. The highest BCUT2D eigenvalue weighted by atomic mass is 32.2. The molecule has 2 aromatic rings. The van der Waals surface area contributed by atoms with Crippen molar-refractivity contribution in [2.75, 3.05) is 19.9 Å². The number of amides is 1. The molecule has 2 aromatic carbocycles. The molecule has 0 saturated heterocycles. The summed E-state index contributed by atoms with van der Waals surface area (Å²) in [6.45, 7) is 2.45. The Hall–Kier alpha value is -2.01. The molecule has 24 heavy (non-hydrogen) atoms. The van der Waals surface area contributed by atoms with E-state index >= 15 is 0 Å². The standard InChI is InChI=1S/C19H22FNO2S/c1-14-6-4-5-7-16(14)12-24-13-19(22)21(2)11-15-8-9-18(23-3)17(20)10-15/h4-10H,11-13H2,1-3H3. The first kappa shape index (κ1) is 18.3. The van der Waals surface area contributed by atoms with Crippen LogP contribution in [-0.4, -0.2) is 30.7 Å². The molecule has 0 aromatic heterocycles. The van der Waals surface area contributed by atoms with E-state index < -0.39 is 5.82 Å². The van der Waals surface area contributed by atoms with Crippen LogP contribution in [0.2, 0.25) is 0 Å². The van der Waals surface area contributed by atoms with E-state index in [4.69, 9.17) is 4.74 Å². The van der Waals surface area contributed by atoms with E-state index in [-0.39, 0.29) is 11.7 Å². The van der Waals surface area contributed by atoms with Crippen molar-refractivity contribution in [1.82, 2.24) is 4.90 Å². The lowest BCUT2D eigenvalue weighted by Crippen LogP contribution is -2.27. The minimum Gasteiger partial charge on any atom is -0.494 e. The molecule has 128 valence electrons. The molecular formula is C19H22FNO2S. The van der Waals surface area contributed by atoms with Gasteiger partial charge in [-0.05, 0) is 35.7 Å². The van der Waals surface area contributed by atoms with E-state index in [1.165, 1.54) is 24.3 Å². The van der Waals surface area contributed by atoms with Gasteiger partial charge < -0.3 is 9.64 Å². The molecule has 0 fully saturated rings. The maximum absolute atomic E-state index is 13.7. The third kappa shape index (κ3) is 4.99. The van der Waals surface area contributed by atoms with Crippen molar-refractivity contribution in [2.24, 2.45) is 0 Å². The summed E-state index contributed by atoms with van der Waals surface area (Å²) in [7, 11) is 3.16. The number of halogens is 1. The second-order valence-corrected chi connectivity index (χ2v) is 6.62. The van der Waals surface area contributed by atoms with Crippen LogP contribution in [0.5, 0.6) is 5.75 Å². The molecule has 0 unspecified atom stereocenters. The van der Waals surface area contributed by atoms with Gasteiger partial charge in [0.2, 0.25) is 5.91 Å². The van der Waals surface area contributed by atoms with Gasteiger partial charge in [0, 0.05) is 19.3 Å². The Morgan fingerprint density at radius 2 is 2.00 bits per heavy atom. The zero-order chi connectivity index (χ0) is 17.5. The average Bonchev–Trinajstić information content (AvgIpc) is 2.56. The summed E-state index contributed by atoms with van der Waals surface area (Å²) in [5.74, 6) is 1.04. The van der Waals surface area contributed by atoms with Crippen LogP contribution in [0.25, 0.3) is 0 Å². The second-order valence-electron chi connectivity index (χ2n) is 5.64. The van der Waals surface area contributed by atoms with Crippen LogP contribution in [-0.2, 0) is 17.1 Å². The summed E-state index contributed by atoms with van der Waals surface area (Å²) in [4.78, 5) is 13.8. The lowest BCUT2D eigenvalue weighted by Gasteiger charge is -2.17. The zero-order valence-corrected chi connectivity index (χ0v) is 15.0. The van der Waals surface area contributed by atoms with E-state index in [2.05, 4.69) is 19.1 Å². The van der Waals surface area contributed by atoms with Crippen LogP contribution in [0.4, 0.5) is 4.39 Å². The molecule has 0 aliphatic carbocycles. The minimum absolute atomic E-state index is 0.0322. The van der Waals surface area contributed by atoms with Crippen molar-refractivity contribution in [1.29, 1.82) is 0 Å². The van der Waals surface area contributed by atoms with E-state index in [1.807, 2.05) is 12.1 Å². The van der Waals surface area contributed by atoms with Crippen molar-refractivity contribution in [3.63, 3.8) is 0 Å². The summed E-state index contributed by atoms with van der Waals surface area (Å²) in [5.41, 5.74) is 3.22. The van der Waals surface area contributed by atoms with Gasteiger partial charge in [0.1, 0.15) is 0 Å². The Labute approximate surface area is 146 Å². The van der Waals surface area contributed by atoms with Gasteiger partial charge >= 0.3 is 0 Å². The number of hydrogen-bond acceptors (Lipinski definition) is 3. The average molecular weight is 347 g/mol. The molecule has 0 heterocycles. The lowest BCUT2D eigenvalue weighted by atomic mass is 10.1. The Morgan fingerprint density at radius 1 is 1.25 bits per heavy atom. The molecule has 5 heteroatoms. The molecule has 0 N–H and O–H groups in total. The first-order valence-corrected chi connectivity index (χ1v) is 8.85. The number of carbonyl (C=O) groups excluding carboxylic acids is 1. The Morgan fingerprint density at radius 3 is 2.67 bits per heavy atom. The number of hydrogen-bond donors (Lipinski definition) is 0. The van der Waals surface area contributed by atoms with Gasteiger partial charge in [-0.2, -0.15) is 0 Å². The maximum atomic E-state index is 13.7. The van der Waals surface area contributed by atoms with Crippen LogP contribution in [0.3, 0.4) is 0 Å². The number of thioether (sulfide) groups is 1. The van der Waals surface area contributed by atoms with E-state index in [0.717, 1.165) is 11.3 Å². The van der Waals surface area contributed by atoms with Crippen molar-refractivity contribution >= 4 is 17.7 Å². The van der Waals surface area contributed by atoms with E-state index in [1.54, 1.807) is 35.8 Å². The topological polar surface area (TPSA) is 29.5 Å². The zero-order valence-electron chi connectivity index (χ0n) is 14.2. The Balaban J connectivity index is 1.84. The number of methoxy groups -OCH3 is 1. The second kappa shape index (κ2) is 8.73. The predicted octanol–water partition coefficient (Wildman–Crippen LogP) is 4.03. The van der Waals surface area contributed by atoms with E-state index in [9.17, 15) is 9.18 Å². The highest BCUT2D eigenvalue weighted by Crippen LogP contribution is 2.19. The molecule has 0 atom stereocenters. The first-order chi connectivity index (χ1) is 11.5. The fourth-order valence-corrected chi connectivity index (χ4v) is 3.34. The summed E-state index contributed by atoms with van der Waals surface area (Å²) in [5, 5.41) is 0. The Bertz CT molecular complexity index is 706. The van der Waals surface area contributed by atoms with Crippen molar-refractivity contribution < 1.29 is 13.9 Å². The molecule has 0 aliphatic rings. The van der Waals surface area contributed by atoms with Gasteiger partial charge in [-0.1, -0.05) is 30.3 Å². The number of nitrogens with zero attached hydrogens (tertiary/aromatic N) is 1. The third-order valence-electron chi connectivity index (χ3n) is 3.81. The molecular weight excluding hydrogens is 325 g/mol. The number of benzene rings is 2. The molecule has 0 spiro atoms. The van der Waals surface area contributed by atoms with Crippen LogP contribution in [0.1, 0.15) is 16.7 Å². The van der Waals surface area contributed by atoms with Crippen molar-refractivity contribution in [3.8, 4) is 5.75 Å². The van der Waals surface area contributed by atoms with Gasteiger partial charge in [0.25, 0.3) is 0 Å². The largest absolute Gasteiger partial charge is 0.494 e. The van der Waals surface area contributed by atoms with E-state index in [0.29, 0.717) is 12.3 Å². The van der Waals surface area contributed by atoms with Gasteiger partial charge in [-0.3, -0.25) is 4.79 Å². The van der Waals surface area contributed by atoms with Crippen LogP contribution < -0.4 is 4.74 Å². The SMILES string of the molecule is COc1ccc(CN(C)C(=O)CSCc2ccccc2C)cc1F. The first-order valence-electron chi connectivity index (χ1n) is 7.70. The molecule has 0 bridgehead atoms. The normalized spacial score (nSPS) is 10.5. The predicted molar refractivity (Wildman–Crippen MR) is 96.8 cm³/mol. The summed E-state index contributed by atoms with van der Waals surface area (Å²) in [6, 6.07) is 12.9. The molecule has 0 radical (unpaired) electrons. The minimum atomic E-state index is -0.412. The molecule has 0 aliphatic heterocycles. The highest BCUT2D eigenvalue weighted by Gasteiger charge is 2.11. The maximum Gasteiger partial charge on any atom is 0.232 e. The van der Waals surface area contributed by atoms with Crippen molar-refractivity contribution in [2.45, 2.75) is 19.2 Å². The van der Waals surface area contributed by atoms with Crippen molar-refractivity contribution in [3.05, 3.63) is 65.0 Å². The number of aryl methyl sites for hydroxylation is 1. The fraction of sp³-hybridized carbons (Fsp3) is 0.316. The van der Waals surface area contributed by atoms with Gasteiger partial charge in [0.05, 0.1) is 12.9 Å². The smallest absolute Gasteiger partial charge is 0.232 e. The molecule has 1 amide bonds. The Kier molecular flexibility index (Phi) is 6.67. The van der Waals surface area contributed by atoms with Gasteiger partial charge in [0.15, 0.2) is 11.6 Å². The number of ether oxygens (including phenoxy) is 1.